The Hall–Kier alpha value is -1.88. The number of carbonyl (C=O) groups is 2. The number of nitrogens with zero attached hydrogens (tertiary/aromatic N) is 1. The van der Waals surface area contributed by atoms with Gasteiger partial charge < -0.3 is 9.47 Å². The summed E-state index contributed by atoms with van der Waals surface area (Å²) >= 11 is 0. The Morgan fingerprint density at radius 2 is 1.95 bits per heavy atom. The molecular formula is C16H21NO4. The first kappa shape index (κ1) is 15.5. The van der Waals surface area contributed by atoms with Gasteiger partial charge in [-0.1, -0.05) is 30.3 Å². The average molecular weight is 291 g/mol. The molecule has 0 spiro atoms. The summed E-state index contributed by atoms with van der Waals surface area (Å²) in [5, 5.41) is 0. The minimum Gasteiger partial charge on any atom is -0.466 e. The Morgan fingerprint density at radius 1 is 1.24 bits per heavy atom. The van der Waals surface area contributed by atoms with Gasteiger partial charge in [-0.3, -0.25) is 14.5 Å². The van der Waals surface area contributed by atoms with Gasteiger partial charge in [-0.15, -0.1) is 0 Å². The summed E-state index contributed by atoms with van der Waals surface area (Å²) < 4.78 is 10.4. The SMILES string of the molecule is CCOC(=O)[C@@H]1CN(Cc2ccccc2)C[C@H]1OC(C)=O. The first-order valence-electron chi connectivity index (χ1n) is 7.20. The predicted molar refractivity (Wildman–Crippen MR) is 77.4 cm³/mol. The molecule has 1 fully saturated rings. The zero-order valence-corrected chi connectivity index (χ0v) is 12.5. The monoisotopic (exact) mass is 291 g/mol. The second kappa shape index (κ2) is 7.22. The number of likely N-dealkylation sites (tertiary alicyclic amines) is 1. The largest absolute Gasteiger partial charge is 0.466 e. The van der Waals surface area contributed by atoms with E-state index in [-0.39, 0.29) is 11.9 Å². The van der Waals surface area contributed by atoms with Crippen LogP contribution in [0.25, 0.3) is 0 Å². The van der Waals surface area contributed by atoms with Gasteiger partial charge in [0.15, 0.2) is 0 Å². The highest BCUT2D eigenvalue weighted by Gasteiger charge is 2.40. The van der Waals surface area contributed by atoms with Crippen LogP contribution < -0.4 is 0 Å². The van der Waals surface area contributed by atoms with Gasteiger partial charge in [0.05, 0.1) is 6.61 Å². The molecule has 0 radical (unpaired) electrons. The van der Waals surface area contributed by atoms with Crippen molar-refractivity contribution in [1.29, 1.82) is 0 Å². The summed E-state index contributed by atoms with van der Waals surface area (Å²) in [6, 6.07) is 10.0. The molecule has 0 amide bonds. The second-order valence-corrected chi connectivity index (χ2v) is 5.19. The van der Waals surface area contributed by atoms with Gasteiger partial charge in [-0.05, 0) is 12.5 Å². The van der Waals surface area contributed by atoms with Crippen molar-refractivity contribution >= 4 is 11.9 Å². The van der Waals surface area contributed by atoms with Crippen LogP contribution in [0.4, 0.5) is 0 Å². The molecule has 1 heterocycles. The first-order chi connectivity index (χ1) is 10.1. The van der Waals surface area contributed by atoms with Crippen LogP contribution >= 0.6 is 0 Å². The van der Waals surface area contributed by atoms with Gasteiger partial charge in [0.25, 0.3) is 0 Å². The van der Waals surface area contributed by atoms with E-state index in [1.54, 1.807) is 6.92 Å². The zero-order chi connectivity index (χ0) is 15.2. The van der Waals surface area contributed by atoms with Crippen molar-refractivity contribution in [2.75, 3.05) is 19.7 Å². The minimum absolute atomic E-state index is 0.292. The highest BCUT2D eigenvalue weighted by atomic mass is 16.6. The van der Waals surface area contributed by atoms with E-state index in [9.17, 15) is 9.59 Å². The molecule has 1 aliphatic heterocycles. The Kier molecular flexibility index (Phi) is 5.33. The Balaban J connectivity index is 2.02. The molecule has 0 N–H and O–H groups in total. The number of benzene rings is 1. The Morgan fingerprint density at radius 3 is 2.57 bits per heavy atom. The third-order valence-corrected chi connectivity index (χ3v) is 3.50. The number of rotatable bonds is 5. The third kappa shape index (κ3) is 4.29. The summed E-state index contributed by atoms with van der Waals surface area (Å²) in [6.07, 6.45) is -0.426. The molecule has 0 aliphatic carbocycles. The van der Waals surface area contributed by atoms with Gasteiger partial charge in [0.2, 0.25) is 0 Å². The molecule has 0 aromatic heterocycles. The van der Waals surface area contributed by atoms with Gasteiger partial charge >= 0.3 is 11.9 Å². The Labute approximate surface area is 124 Å². The van der Waals surface area contributed by atoms with Gasteiger partial charge in [0, 0.05) is 26.6 Å². The topological polar surface area (TPSA) is 55.8 Å². The van der Waals surface area contributed by atoms with Crippen LogP contribution in [0, 0.1) is 5.92 Å². The first-order valence-corrected chi connectivity index (χ1v) is 7.20. The summed E-state index contributed by atoms with van der Waals surface area (Å²) in [4.78, 5) is 25.3. The van der Waals surface area contributed by atoms with E-state index in [1.165, 1.54) is 12.5 Å². The molecule has 5 heteroatoms. The lowest BCUT2D eigenvalue weighted by Crippen LogP contribution is -2.32. The van der Waals surface area contributed by atoms with Crippen molar-refractivity contribution in [3.05, 3.63) is 35.9 Å². The number of hydrogen-bond acceptors (Lipinski definition) is 5. The number of esters is 2. The number of hydrogen-bond donors (Lipinski definition) is 0. The van der Waals surface area contributed by atoms with Crippen LogP contribution in [0.2, 0.25) is 0 Å². The Bertz CT molecular complexity index is 488. The summed E-state index contributed by atoms with van der Waals surface area (Å²) in [5.74, 6) is -1.06. The van der Waals surface area contributed by atoms with Crippen molar-refractivity contribution in [2.24, 2.45) is 5.92 Å². The zero-order valence-electron chi connectivity index (χ0n) is 12.5. The molecule has 1 aromatic rings. The fourth-order valence-corrected chi connectivity index (χ4v) is 2.63. The predicted octanol–water partition coefficient (Wildman–Crippen LogP) is 1.61. The standard InChI is InChI=1S/C16H21NO4/c1-3-20-16(19)14-10-17(11-15(14)21-12(2)18)9-13-7-5-4-6-8-13/h4-8,14-15H,3,9-11H2,1-2H3/t14-,15-/m1/s1. The molecule has 1 aliphatic rings. The number of ether oxygens (including phenoxy) is 2. The quantitative estimate of drug-likeness (QED) is 0.772. The summed E-state index contributed by atoms with van der Waals surface area (Å²) in [6.45, 7) is 5.30. The molecule has 114 valence electrons. The highest BCUT2D eigenvalue weighted by Crippen LogP contribution is 2.23. The normalized spacial score (nSPS) is 22.0. The fourth-order valence-electron chi connectivity index (χ4n) is 2.63. The lowest BCUT2D eigenvalue weighted by Gasteiger charge is -2.16. The average Bonchev–Trinajstić information content (AvgIpc) is 2.82. The highest BCUT2D eigenvalue weighted by molar-refractivity contribution is 5.75. The third-order valence-electron chi connectivity index (χ3n) is 3.50. The summed E-state index contributed by atoms with van der Waals surface area (Å²) in [5.41, 5.74) is 1.17. The molecule has 1 saturated heterocycles. The van der Waals surface area contributed by atoms with Gasteiger partial charge in [-0.2, -0.15) is 0 Å². The van der Waals surface area contributed by atoms with Crippen LogP contribution in [0.3, 0.4) is 0 Å². The van der Waals surface area contributed by atoms with Crippen LogP contribution in [-0.2, 0) is 25.6 Å². The van der Waals surface area contributed by atoms with E-state index >= 15 is 0 Å². The van der Waals surface area contributed by atoms with E-state index in [4.69, 9.17) is 9.47 Å². The van der Waals surface area contributed by atoms with Crippen LogP contribution in [0.1, 0.15) is 19.4 Å². The van der Waals surface area contributed by atoms with E-state index in [0.717, 1.165) is 6.54 Å². The molecule has 2 atom stereocenters. The number of carbonyl (C=O) groups excluding carboxylic acids is 2. The maximum absolute atomic E-state index is 12.0. The molecule has 21 heavy (non-hydrogen) atoms. The molecule has 2 rings (SSSR count). The van der Waals surface area contributed by atoms with Gasteiger partial charge in [-0.25, -0.2) is 0 Å². The lowest BCUT2D eigenvalue weighted by atomic mass is 10.1. The van der Waals surface area contributed by atoms with Crippen molar-refractivity contribution in [2.45, 2.75) is 26.5 Å². The fraction of sp³-hybridized carbons (Fsp3) is 0.500. The van der Waals surface area contributed by atoms with Crippen LogP contribution in [0.15, 0.2) is 30.3 Å². The maximum atomic E-state index is 12.0. The van der Waals surface area contributed by atoms with Gasteiger partial charge in [0.1, 0.15) is 12.0 Å². The van der Waals surface area contributed by atoms with Crippen molar-refractivity contribution < 1.29 is 19.1 Å². The molecule has 1 aromatic carbocycles. The van der Waals surface area contributed by atoms with E-state index in [0.29, 0.717) is 19.7 Å². The molecular weight excluding hydrogens is 270 g/mol. The van der Waals surface area contributed by atoms with Crippen LogP contribution in [0.5, 0.6) is 0 Å². The molecule has 0 unspecified atom stereocenters. The van der Waals surface area contributed by atoms with E-state index in [2.05, 4.69) is 4.90 Å². The molecule has 0 saturated carbocycles. The second-order valence-electron chi connectivity index (χ2n) is 5.19. The van der Waals surface area contributed by atoms with Crippen LogP contribution in [-0.4, -0.2) is 42.6 Å². The minimum atomic E-state index is -0.426. The van der Waals surface area contributed by atoms with E-state index in [1.807, 2.05) is 30.3 Å². The van der Waals surface area contributed by atoms with Crippen molar-refractivity contribution in [3.8, 4) is 0 Å². The van der Waals surface area contributed by atoms with Crippen molar-refractivity contribution in [3.63, 3.8) is 0 Å². The maximum Gasteiger partial charge on any atom is 0.314 e. The molecule has 0 bridgehead atoms. The van der Waals surface area contributed by atoms with Crippen molar-refractivity contribution in [1.82, 2.24) is 4.90 Å². The smallest absolute Gasteiger partial charge is 0.314 e. The van der Waals surface area contributed by atoms with E-state index < -0.39 is 12.0 Å². The summed E-state index contributed by atoms with van der Waals surface area (Å²) in [7, 11) is 0. The lowest BCUT2D eigenvalue weighted by molar-refractivity contribution is -0.157. The molecule has 5 nitrogen and oxygen atoms in total.